The lowest BCUT2D eigenvalue weighted by Gasteiger charge is -1.98. The number of fused-ring (bicyclic) bond motifs is 1. The first kappa shape index (κ1) is 8.68. The summed E-state index contributed by atoms with van der Waals surface area (Å²) < 4.78 is 1.64. The van der Waals surface area contributed by atoms with Crippen LogP contribution in [0.1, 0.15) is 12.0 Å². The van der Waals surface area contributed by atoms with Crippen molar-refractivity contribution in [2.75, 3.05) is 0 Å². The quantitative estimate of drug-likeness (QED) is 0.777. The van der Waals surface area contributed by atoms with Crippen molar-refractivity contribution in [2.24, 2.45) is 0 Å². The number of carbonyl (C=O) groups is 1. The van der Waals surface area contributed by atoms with Gasteiger partial charge in [0.25, 0.3) is 0 Å². The van der Waals surface area contributed by atoms with E-state index >= 15 is 0 Å². The predicted octanol–water partition coefficient (Wildman–Crippen LogP) is 0.746. The van der Waals surface area contributed by atoms with Gasteiger partial charge in [-0.3, -0.25) is 4.79 Å². The maximum Gasteiger partial charge on any atom is 0.303 e. The standard InChI is InChI=1S/C9H9N3O2/c13-9(14)4-2-7-1-3-8-10-6-11-12(8)5-7/h1,3,5-6H,2,4H2,(H,13,14). The van der Waals surface area contributed by atoms with Gasteiger partial charge in [-0.1, -0.05) is 6.07 Å². The summed E-state index contributed by atoms with van der Waals surface area (Å²) in [4.78, 5) is 14.3. The number of carboxylic acids is 1. The summed E-state index contributed by atoms with van der Waals surface area (Å²) in [6.45, 7) is 0. The van der Waals surface area contributed by atoms with Crippen molar-refractivity contribution < 1.29 is 9.90 Å². The largest absolute Gasteiger partial charge is 0.481 e. The number of aromatic nitrogens is 3. The summed E-state index contributed by atoms with van der Waals surface area (Å²) in [6.07, 6.45) is 3.92. The van der Waals surface area contributed by atoms with E-state index in [0.717, 1.165) is 11.2 Å². The van der Waals surface area contributed by atoms with E-state index in [9.17, 15) is 4.79 Å². The minimum absolute atomic E-state index is 0.139. The first-order valence-corrected chi connectivity index (χ1v) is 4.26. The lowest BCUT2D eigenvalue weighted by Crippen LogP contribution is -1.99. The Morgan fingerprint density at radius 3 is 3.14 bits per heavy atom. The molecule has 2 aromatic heterocycles. The van der Waals surface area contributed by atoms with Gasteiger partial charge in [0.15, 0.2) is 5.65 Å². The third-order valence-corrected chi connectivity index (χ3v) is 1.96. The van der Waals surface area contributed by atoms with Gasteiger partial charge in [0.1, 0.15) is 6.33 Å². The molecule has 0 atom stereocenters. The fourth-order valence-electron chi connectivity index (χ4n) is 1.26. The van der Waals surface area contributed by atoms with E-state index in [0.29, 0.717) is 6.42 Å². The number of rotatable bonds is 3. The lowest BCUT2D eigenvalue weighted by atomic mass is 10.1. The third kappa shape index (κ3) is 1.71. The molecule has 0 aliphatic heterocycles. The minimum atomic E-state index is -0.788. The molecule has 5 nitrogen and oxygen atoms in total. The van der Waals surface area contributed by atoms with Crippen LogP contribution in [0.2, 0.25) is 0 Å². The Hall–Kier alpha value is -1.91. The van der Waals surface area contributed by atoms with Gasteiger partial charge >= 0.3 is 5.97 Å². The molecule has 0 spiro atoms. The van der Waals surface area contributed by atoms with Crippen molar-refractivity contribution in [3.8, 4) is 0 Å². The topological polar surface area (TPSA) is 67.5 Å². The Bertz CT molecular complexity index is 464. The summed E-state index contributed by atoms with van der Waals surface area (Å²) >= 11 is 0. The molecule has 72 valence electrons. The van der Waals surface area contributed by atoms with Crippen LogP contribution in [0.3, 0.4) is 0 Å². The van der Waals surface area contributed by atoms with Gasteiger partial charge < -0.3 is 5.11 Å². The first-order valence-electron chi connectivity index (χ1n) is 4.26. The number of nitrogens with zero attached hydrogens (tertiary/aromatic N) is 3. The third-order valence-electron chi connectivity index (χ3n) is 1.96. The van der Waals surface area contributed by atoms with Crippen LogP contribution >= 0.6 is 0 Å². The van der Waals surface area contributed by atoms with Crippen LogP contribution in [0.15, 0.2) is 24.7 Å². The Morgan fingerprint density at radius 1 is 1.50 bits per heavy atom. The molecular formula is C9H9N3O2. The molecule has 0 saturated carbocycles. The molecule has 2 aromatic rings. The van der Waals surface area contributed by atoms with Crippen molar-refractivity contribution in [2.45, 2.75) is 12.8 Å². The number of pyridine rings is 1. The molecule has 0 bridgehead atoms. The maximum absolute atomic E-state index is 10.4. The monoisotopic (exact) mass is 191 g/mol. The second kappa shape index (κ2) is 3.45. The van der Waals surface area contributed by atoms with Crippen LogP contribution in [-0.4, -0.2) is 25.7 Å². The maximum atomic E-state index is 10.4. The highest BCUT2D eigenvalue weighted by Gasteiger charge is 2.01. The number of aryl methyl sites for hydroxylation is 1. The fourth-order valence-corrected chi connectivity index (χ4v) is 1.26. The van der Waals surface area contributed by atoms with Crippen LogP contribution in [0.4, 0.5) is 0 Å². The molecule has 0 unspecified atom stereocenters. The van der Waals surface area contributed by atoms with Gasteiger partial charge in [-0.15, -0.1) is 0 Å². The number of hydrogen-bond donors (Lipinski definition) is 1. The molecule has 0 amide bonds. The smallest absolute Gasteiger partial charge is 0.303 e. The van der Waals surface area contributed by atoms with E-state index in [4.69, 9.17) is 5.11 Å². The Morgan fingerprint density at radius 2 is 2.36 bits per heavy atom. The van der Waals surface area contributed by atoms with Gasteiger partial charge in [0.2, 0.25) is 0 Å². The molecule has 5 heteroatoms. The highest BCUT2D eigenvalue weighted by Crippen LogP contribution is 2.05. The first-order chi connectivity index (χ1) is 6.75. The normalized spacial score (nSPS) is 10.6. The van der Waals surface area contributed by atoms with Crippen molar-refractivity contribution in [3.05, 3.63) is 30.2 Å². The zero-order chi connectivity index (χ0) is 9.97. The van der Waals surface area contributed by atoms with Crippen molar-refractivity contribution in [1.29, 1.82) is 0 Å². The van der Waals surface area contributed by atoms with E-state index in [-0.39, 0.29) is 6.42 Å². The van der Waals surface area contributed by atoms with Crippen LogP contribution in [0.5, 0.6) is 0 Å². The molecule has 0 aliphatic rings. The SMILES string of the molecule is O=C(O)CCc1ccc2ncnn2c1. The van der Waals surface area contributed by atoms with E-state index in [1.807, 2.05) is 12.1 Å². The summed E-state index contributed by atoms with van der Waals surface area (Å²) in [6, 6.07) is 3.69. The molecule has 0 fully saturated rings. The highest BCUT2D eigenvalue weighted by molar-refractivity contribution is 5.67. The van der Waals surface area contributed by atoms with Gasteiger partial charge in [-0.25, -0.2) is 9.50 Å². The Balaban J connectivity index is 2.21. The van der Waals surface area contributed by atoms with Gasteiger partial charge in [0, 0.05) is 12.6 Å². The van der Waals surface area contributed by atoms with Crippen molar-refractivity contribution in [1.82, 2.24) is 14.6 Å². The molecule has 14 heavy (non-hydrogen) atoms. The number of carboxylic acid groups (broad SMARTS) is 1. The number of aliphatic carboxylic acids is 1. The molecule has 0 aromatic carbocycles. The second-order valence-electron chi connectivity index (χ2n) is 2.99. The second-order valence-corrected chi connectivity index (χ2v) is 2.99. The van der Waals surface area contributed by atoms with Gasteiger partial charge in [0.05, 0.1) is 0 Å². The van der Waals surface area contributed by atoms with E-state index in [2.05, 4.69) is 10.1 Å². The van der Waals surface area contributed by atoms with E-state index in [1.165, 1.54) is 6.33 Å². The molecule has 0 radical (unpaired) electrons. The van der Waals surface area contributed by atoms with Gasteiger partial charge in [-0.05, 0) is 18.1 Å². The minimum Gasteiger partial charge on any atom is -0.481 e. The van der Waals surface area contributed by atoms with Crippen LogP contribution in [0, 0.1) is 0 Å². The van der Waals surface area contributed by atoms with E-state index in [1.54, 1.807) is 10.7 Å². The fraction of sp³-hybridized carbons (Fsp3) is 0.222. The molecule has 0 aliphatic carbocycles. The molecule has 2 heterocycles. The highest BCUT2D eigenvalue weighted by atomic mass is 16.4. The van der Waals surface area contributed by atoms with Crippen LogP contribution in [0.25, 0.3) is 5.65 Å². The molecular weight excluding hydrogens is 182 g/mol. The van der Waals surface area contributed by atoms with Crippen LogP contribution in [-0.2, 0) is 11.2 Å². The van der Waals surface area contributed by atoms with Crippen LogP contribution < -0.4 is 0 Å². The molecule has 0 saturated heterocycles. The predicted molar refractivity (Wildman–Crippen MR) is 48.9 cm³/mol. The van der Waals surface area contributed by atoms with Crippen molar-refractivity contribution >= 4 is 11.6 Å². The zero-order valence-corrected chi connectivity index (χ0v) is 7.42. The van der Waals surface area contributed by atoms with E-state index < -0.39 is 5.97 Å². The zero-order valence-electron chi connectivity index (χ0n) is 7.42. The van der Waals surface area contributed by atoms with Gasteiger partial charge in [-0.2, -0.15) is 5.10 Å². The Labute approximate surface area is 80.0 Å². The summed E-state index contributed by atoms with van der Waals surface area (Å²) in [7, 11) is 0. The number of hydrogen-bond acceptors (Lipinski definition) is 3. The molecule has 2 rings (SSSR count). The molecule has 1 N–H and O–H groups in total. The average molecular weight is 191 g/mol. The summed E-state index contributed by atoms with van der Waals surface area (Å²) in [5, 5.41) is 12.5. The Kier molecular flexibility index (Phi) is 2.14. The summed E-state index contributed by atoms with van der Waals surface area (Å²) in [5.74, 6) is -0.788. The average Bonchev–Trinajstić information content (AvgIpc) is 2.61. The lowest BCUT2D eigenvalue weighted by molar-refractivity contribution is -0.136. The van der Waals surface area contributed by atoms with Crippen molar-refractivity contribution in [3.63, 3.8) is 0 Å². The summed E-state index contributed by atoms with van der Waals surface area (Å²) in [5.41, 5.74) is 1.72.